The second-order valence-corrected chi connectivity index (χ2v) is 20.7. The number of allylic oxidation sites excluding steroid dienone is 1. The molecule has 0 radical (unpaired) electrons. The number of amides is 1. The maximum atomic E-state index is 12.5. The molecule has 0 aliphatic carbocycles. The standard InChI is InChI=1S/C60H117NO5/c1-3-5-7-9-11-13-15-16-17-18-20-23-26-29-33-36-40-44-48-52-58(63)57(56-62)61-59(64)53-49-45-41-37-34-30-27-24-21-19-22-25-28-31-35-39-43-47-51-55-66-60(65)54-50-46-42-38-32-14-12-10-8-6-4-2/h48,52,57-58,62-63H,3-47,49-51,53-56H2,1-2H3,(H,61,64)/b52-48+. The molecule has 0 aromatic carbocycles. The minimum atomic E-state index is -0.846. The molecular weight excluding hydrogens is 815 g/mol. The highest BCUT2D eigenvalue weighted by Crippen LogP contribution is 2.18. The molecule has 0 aliphatic rings. The third-order valence-electron chi connectivity index (χ3n) is 14.1. The summed E-state index contributed by atoms with van der Waals surface area (Å²) in [6, 6.07) is -0.629. The van der Waals surface area contributed by atoms with E-state index in [2.05, 4.69) is 19.2 Å². The molecule has 0 bridgehead atoms. The van der Waals surface area contributed by atoms with Crippen LogP contribution in [0.2, 0.25) is 0 Å². The molecule has 0 spiro atoms. The first-order valence-electron chi connectivity index (χ1n) is 30.0. The lowest BCUT2D eigenvalue weighted by molar-refractivity contribution is -0.143. The molecule has 2 unspecified atom stereocenters. The average molecular weight is 933 g/mol. The second kappa shape index (κ2) is 56.2. The number of unbranched alkanes of at least 4 members (excludes halogenated alkanes) is 45. The normalized spacial score (nSPS) is 12.6. The van der Waals surface area contributed by atoms with E-state index >= 15 is 0 Å². The number of carbonyl (C=O) groups is 2. The largest absolute Gasteiger partial charge is 0.466 e. The van der Waals surface area contributed by atoms with Crippen LogP contribution in [0.3, 0.4) is 0 Å². The van der Waals surface area contributed by atoms with Crippen molar-refractivity contribution < 1.29 is 24.5 Å². The van der Waals surface area contributed by atoms with Crippen molar-refractivity contribution in [1.29, 1.82) is 0 Å². The van der Waals surface area contributed by atoms with Gasteiger partial charge in [-0.05, 0) is 32.1 Å². The molecule has 6 nitrogen and oxygen atoms in total. The molecule has 0 fully saturated rings. The summed E-state index contributed by atoms with van der Waals surface area (Å²) in [6.45, 7) is 4.92. The fourth-order valence-corrected chi connectivity index (χ4v) is 9.46. The van der Waals surface area contributed by atoms with E-state index in [1.54, 1.807) is 6.08 Å². The van der Waals surface area contributed by atoms with Crippen molar-refractivity contribution in [1.82, 2.24) is 5.32 Å². The van der Waals surface area contributed by atoms with Crippen LogP contribution in [-0.2, 0) is 14.3 Å². The Balaban J connectivity index is 3.43. The molecule has 0 aliphatic heterocycles. The fourth-order valence-electron chi connectivity index (χ4n) is 9.46. The van der Waals surface area contributed by atoms with E-state index in [1.807, 2.05) is 6.08 Å². The van der Waals surface area contributed by atoms with Crippen molar-refractivity contribution in [2.45, 2.75) is 347 Å². The highest BCUT2D eigenvalue weighted by atomic mass is 16.5. The molecule has 0 saturated heterocycles. The predicted octanol–water partition coefficient (Wildman–Crippen LogP) is 18.5. The molecule has 1 amide bonds. The van der Waals surface area contributed by atoms with Gasteiger partial charge in [-0.25, -0.2) is 0 Å². The van der Waals surface area contributed by atoms with E-state index in [9.17, 15) is 19.8 Å². The number of ether oxygens (including phenoxy) is 1. The third-order valence-corrected chi connectivity index (χ3v) is 14.1. The van der Waals surface area contributed by atoms with E-state index < -0.39 is 12.1 Å². The number of carbonyl (C=O) groups excluding carboxylic acids is 2. The zero-order valence-corrected chi connectivity index (χ0v) is 44.7. The molecule has 0 aromatic rings. The molecular formula is C60H117NO5. The zero-order valence-electron chi connectivity index (χ0n) is 44.7. The van der Waals surface area contributed by atoms with Crippen LogP contribution in [0.4, 0.5) is 0 Å². The van der Waals surface area contributed by atoms with Crippen molar-refractivity contribution in [3.63, 3.8) is 0 Å². The highest BCUT2D eigenvalue weighted by molar-refractivity contribution is 5.76. The Hall–Kier alpha value is -1.40. The molecule has 0 aromatic heterocycles. The van der Waals surface area contributed by atoms with Crippen LogP contribution >= 0.6 is 0 Å². The van der Waals surface area contributed by atoms with E-state index in [1.165, 1.54) is 270 Å². The van der Waals surface area contributed by atoms with Gasteiger partial charge in [-0.1, -0.05) is 302 Å². The predicted molar refractivity (Wildman–Crippen MR) is 287 cm³/mol. The van der Waals surface area contributed by atoms with Gasteiger partial charge in [-0.15, -0.1) is 0 Å². The van der Waals surface area contributed by atoms with Gasteiger partial charge < -0.3 is 20.3 Å². The first-order chi connectivity index (χ1) is 32.5. The van der Waals surface area contributed by atoms with Crippen LogP contribution in [0.5, 0.6) is 0 Å². The minimum absolute atomic E-state index is 0.00861. The van der Waals surface area contributed by atoms with E-state index in [0.29, 0.717) is 19.4 Å². The smallest absolute Gasteiger partial charge is 0.305 e. The molecule has 0 rings (SSSR count). The molecule has 3 N–H and O–H groups in total. The Labute approximate surface area is 412 Å². The van der Waals surface area contributed by atoms with E-state index in [-0.39, 0.29) is 18.5 Å². The number of esters is 1. The quantitative estimate of drug-likeness (QED) is 0.0321. The van der Waals surface area contributed by atoms with Crippen molar-refractivity contribution in [3.05, 3.63) is 12.2 Å². The Morgan fingerprint density at radius 1 is 0.409 bits per heavy atom. The molecule has 2 atom stereocenters. The SMILES string of the molecule is CCCCCCCCCCCCCCCCCCC/C=C/C(O)C(CO)NC(=O)CCCCCCCCCCCCCCCCCCCCCOC(=O)CCCCCCCCCCCCC. The van der Waals surface area contributed by atoms with E-state index in [0.717, 1.165) is 38.5 Å². The Bertz CT molecular complexity index is 986. The summed E-state index contributed by atoms with van der Waals surface area (Å²) in [4.78, 5) is 24.5. The highest BCUT2D eigenvalue weighted by Gasteiger charge is 2.18. The van der Waals surface area contributed by atoms with E-state index in [4.69, 9.17) is 4.74 Å². The molecule has 66 heavy (non-hydrogen) atoms. The second-order valence-electron chi connectivity index (χ2n) is 20.7. The summed E-state index contributed by atoms with van der Waals surface area (Å²) in [6.07, 6.45) is 66.7. The lowest BCUT2D eigenvalue weighted by Gasteiger charge is -2.20. The number of rotatable bonds is 56. The zero-order chi connectivity index (χ0) is 47.9. The van der Waals surface area contributed by atoms with Gasteiger partial charge in [-0.2, -0.15) is 0 Å². The van der Waals surface area contributed by atoms with Gasteiger partial charge >= 0.3 is 5.97 Å². The van der Waals surface area contributed by atoms with Crippen molar-refractivity contribution >= 4 is 11.9 Å². The van der Waals surface area contributed by atoms with Crippen LogP contribution in [0.15, 0.2) is 12.2 Å². The lowest BCUT2D eigenvalue weighted by atomic mass is 10.0. The topological polar surface area (TPSA) is 95.9 Å². The van der Waals surface area contributed by atoms with Crippen LogP contribution < -0.4 is 5.32 Å². The summed E-state index contributed by atoms with van der Waals surface area (Å²) < 4.78 is 5.46. The maximum absolute atomic E-state index is 12.5. The van der Waals surface area contributed by atoms with Crippen molar-refractivity contribution in [2.75, 3.05) is 13.2 Å². The first kappa shape index (κ1) is 64.6. The van der Waals surface area contributed by atoms with Gasteiger partial charge in [0.25, 0.3) is 0 Å². The van der Waals surface area contributed by atoms with Crippen LogP contribution in [0.25, 0.3) is 0 Å². The lowest BCUT2D eigenvalue weighted by Crippen LogP contribution is -2.45. The number of aliphatic hydroxyl groups is 2. The van der Waals surface area contributed by atoms with Gasteiger partial charge in [0.15, 0.2) is 0 Å². The number of hydrogen-bond donors (Lipinski definition) is 3. The van der Waals surface area contributed by atoms with Crippen molar-refractivity contribution in [2.24, 2.45) is 0 Å². The Morgan fingerprint density at radius 3 is 1.03 bits per heavy atom. The summed E-state index contributed by atoms with van der Waals surface area (Å²) in [5, 5.41) is 23.2. The summed E-state index contributed by atoms with van der Waals surface area (Å²) in [5.41, 5.74) is 0. The van der Waals surface area contributed by atoms with Gasteiger partial charge in [0.05, 0.1) is 25.4 Å². The minimum Gasteiger partial charge on any atom is -0.466 e. The number of aliphatic hydroxyl groups excluding tert-OH is 2. The summed E-state index contributed by atoms with van der Waals surface area (Å²) in [5.74, 6) is -0.0590. The molecule has 392 valence electrons. The van der Waals surface area contributed by atoms with Gasteiger partial charge in [0, 0.05) is 12.8 Å². The maximum Gasteiger partial charge on any atom is 0.305 e. The van der Waals surface area contributed by atoms with Gasteiger partial charge in [0.1, 0.15) is 0 Å². The van der Waals surface area contributed by atoms with Crippen LogP contribution in [-0.4, -0.2) is 47.4 Å². The Morgan fingerprint density at radius 2 is 0.697 bits per heavy atom. The average Bonchev–Trinajstić information content (AvgIpc) is 3.32. The van der Waals surface area contributed by atoms with Gasteiger partial charge in [-0.3, -0.25) is 9.59 Å². The molecule has 6 heteroatoms. The summed E-state index contributed by atoms with van der Waals surface area (Å²) in [7, 11) is 0. The molecule has 0 saturated carbocycles. The third kappa shape index (κ3) is 52.0. The summed E-state index contributed by atoms with van der Waals surface area (Å²) >= 11 is 0. The Kier molecular flexibility index (Phi) is 55.0. The van der Waals surface area contributed by atoms with Crippen LogP contribution in [0, 0.1) is 0 Å². The first-order valence-corrected chi connectivity index (χ1v) is 30.0. The monoisotopic (exact) mass is 932 g/mol. The number of hydrogen-bond acceptors (Lipinski definition) is 5. The van der Waals surface area contributed by atoms with Crippen LogP contribution in [0.1, 0.15) is 335 Å². The fraction of sp³-hybridized carbons (Fsp3) is 0.933. The van der Waals surface area contributed by atoms with Crippen molar-refractivity contribution in [3.8, 4) is 0 Å². The van der Waals surface area contributed by atoms with Gasteiger partial charge in [0.2, 0.25) is 5.91 Å². The molecule has 0 heterocycles. The number of nitrogens with one attached hydrogen (secondary N) is 1.